The van der Waals surface area contributed by atoms with E-state index in [1.165, 1.54) is 6.26 Å². The van der Waals surface area contributed by atoms with Gasteiger partial charge >= 0.3 is 6.01 Å². The monoisotopic (exact) mass is 260 g/mol. The minimum atomic E-state index is -0.307. The summed E-state index contributed by atoms with van der Waals surface area (Å²) in [4.78, 5) is 17.9. The minimum Gasteiger partial charge on any atom is -0.432 e. The number of benzene rings is 1. The van der Waals surface area contributed by atoms with Crippen molar-refractivity contribution in [1.29, 1.82) is 0 Å². The third kappa shape index (κ3) is 2.85. The Balaban J connectivity index is 2.18. The summed E-state index contributed by atoms with van der Waals surface area (Å²) in [6, 6.07) is 5.31. The van der Waals surface area contributed by atoms with E-state index in [4.69, 9.17) is 10.2 Å². The maximum Gasteiger partial charge on any atom is 0.301 e. The standard InChI is InChI=1S/C13H16N4O2/c1-8-7-19-13(15-8)16-12(18)9-4-5-11(17(2)3)10(14)6-9/h4-7H,14H2,1-3H3,(H,15,16,18). The predicted molar refractivity (Wildman–Crippen MR) is 74.4 cm³/mol. The van der Waals surface area contributed by atoms with E-state index in [2.05, 4.69) is 10.3 Å². The number of nitrogens with two attached hydrogens (primary N) is 1. The molecular formula is C13H16N4O2. The van der Waals surface area contributed by atoms with Crippen LogP contribution in [-0.4, -0.2) is 25.0 Å². The first-order valence-electron chi connectivity index (χ1n) is 5.77. The Morgan fingerprint density at radius 1 is 1.42 bits per heavy atom. The van der Waals surface area contributed by atoms with Gasteiger partial charge in [-0.25, -0.2) is 0 Å². The Bertz CT molecular complexity index is 604. The van der Waals surface area contributed by atoms with Crippen LogP contribution in [0.3, 0.4) is 0 Å². The van der Waals surface area contributed by atoms with E-state index < -0.39 is 0 Å². The first-order valence-corrected chi connectivity index (χ1v) is 5.77. The van der Waals surface area contributed by atoms with Crippen molar-refractivity contribution in [1.82, 2.24) is 4.98 Å². The Kier molecular flexibility index (Phi) is 3.41. The molecule has 0 atom stereocenters. The van der Waals surface area contributed by atoms with Gasteiger partial charge in [-0.1, -0.05) is 0 Å². The average Bonchev–Trinajstić information content (AvgIpc) is 2.74. The number of anilines is 3. The summed E-state index contributed by atoms with van der Waals surface area (Å²) in [5.41, 5.74) is 8.47. The van der Waals surface area contributed by atoms with Crippen LogP contribution in [0, 0.1) is 6.92 Å². The fourth-order valence-corrected chi connectivity index (χ4v) is 1.68. The van der Waals surface area contributed by atoms with Gasteiger partial charge in [0.1, 0.15) is 6.26 Å². The van der Waals surface area contributed by atoms with E-state index in [0.717, 1.165) is 5.69 Å². The van der Waals surface area contributed by atoms with Crippen LogP contribution in [0.2, 0.25) is 0 Å². The topological polar surface area (TPSA) is 84.4 Å². The van der Waals surface area contributed by atoms with Gasteiger partial charge in [0.2, 0.25) is 0 Å². The molecule has 2 aromatic rings. The van der Waals surface area contributed by atoms with Gasteiger partial charge < -0.3 is 15.1 Å². The molecule has 1 aromatic heterocycles. The molecule has 6 nitrogen and oxygen atoms in total. The van der Waals surface area contributed by atoms with Crippen molar-refractivity contribution in [3.8, 4) is 0 Å². The second kappa shape index (κ2) is 5.01. The number of aryl methyl sites for hydroxylation is 1. The molecule has 0 unspecified atom stereocenters. The molecule has 0 fully saturated rings. The minimum absolute atomic E-state index is 0.178. The molecule has 2 rings (SSSR count). The van der Waals surface area contributed by atoms with Crippen molar-refractivity contribution < 1.29 is 9.21 Å². The van der Waals surface area contributed by atoms with Crippen LogP contribution in [-0.2, 0) is 0 Å². The maximum atomic E-state index is 12.0. The van der Waals surface area contributed by atoms with Gasteiger partial charge in [-0.05, 0) is 25.1 Å². The molecule has 0 aliphatic heterocycles. The van der Waals surface area contributed by atoms with Crippen molar-refractivity contribution in [2.24, 2.45) is 0 Å². The molecule has 1 aromatic carbocycles. The molecule has 0 saturated carbocycles. The van der Waals surface area contributed by atoms with E-state index >= 15 is 0 Å². The van der Waals surface area contributed by atoms with Gasteiger partial charge in [0.05, 0.1) is 17.1 Å². The summed E-state index contributed by atoms with van der Waals surface area (Å²) in [6.45, 7) is 1.78. The Morgan fingerprint density at radius 3 is 2.68 bits per heavy atom. The highest BCUT2D eigenvalue weighted by molar-refractivity contribution is 6.04. The number of hydrogen-bond donors (Lipinski definition) is 2. The van der Waals surface area contributed by atoms with Crippen molar-refractivity contribution in [3.05, 3.63) is 35.7 Å². The van der Waals surface area contributed by atoms with E-state index in [0.29, 0.717) is 16.9 Å². The van der Waals surface area contributed by atoms with Crippen LogP contribution in [0.15, 0.2) is 28.9 Å². The zero-order valence-corrected chi connectivity index (χ0v) is 11.1. The molecule has 0 aliphatic carbocycles. The molecule has 0 saturated heterocycles. The van der Waals surface area contributed by atoms with Crippen molar-refractivity contribution >= 4 is 23.3 Å². The Labute approximate surface area is 111 Å². The number of carbonyl (C=O) groups is 1. The molecule has 19 heavy (non-hydrogen) atoms. The van der Waals surface area contributed by atoms with E-state index in [1.807, 2.05) is 19.0 Å². The number of hydrogen-bond acceptors (Lipinski definition) is 5. The van der Waals surface area contributed by atoms with Crippen LogP contribution in [0.5, 0.6) is 0 Å². The maximum absolute atomic E-state index is 12.0. The summed E-state index contributed by atoms with van der Waals surface area (Å²) < 4.78 is 5.07. The van der Waals surface area contributed by atoms with Gasteiger partial charge in [-0.3, -0.25) is 10.1 Å². The summed E-state index contributed by atoms with van der Waals surface area (Å²) in [6.07, 6.45) is 1.47. The lowest BCUT2D eigenvalue weighted by atomic mass is 10.1. The van der Waals surface area contributed by atoms with E-state index in [-0.39, 0.29) is 11.9 Å². The Hall–Kier alpha value is -2.50. The SMILES string of the molecule is Cc1coc(NC(=O)c2ccc(N(C)C)c(N)c2)n1. The fraction of sp³-hybridized carbons (Fsp3) is 0.231. The van der Waals surface area contributed by atoms with Crippen LogP contribution >= 0.6 is 0 Å². The molecule has 6 heteroatoms. The average molecular weight is 260 g/mol. The van der Waals surface area contributed by atoms with Crippen LogP contribution in [0.1, 0.15) is 16.1 Å². The molecule has 3 N–H and O–H groups in total. The lowest BCUT2D eigenvalue weighted by molar-refractivity contribution is 0.102. The van der Waals surface area contributed by atoms with Crippen molar-refractivity contribution in [3.63, 3.8) is 0 Å². The number of rotatable bonds is 3. The summed E-state index contributed by atoms with van der Waals surface area (Å²) in [5.74, 6) is -0.307. The number of amides is 1. The molecule has 0 radical (unpaired) electrons. The van der Waals surface area contributed by atoms with Gasteiger partial charge in [-0.15, -0.1) is 0 Å². The third-order valence-corrected chi connectivity index (χ3v) is 2.61. The lowest BCUT2D eigenvalue weighted by Gasteiger charge is -2.15. The summed E-state index contributed by atoms with van der Waals surface area (Å²) in [5, 5.41) is 2.57. The molecule has 1 amide bonds. The highest BCUT2D eigenvalue weighted by Gasteiger charge is 2.11. The lowest BCUT2D eigenvalue weighted by Crippen LogP contribution is -2.15. The second-order valence-corrected chi connectivity index (χ2v) is 4.42. The fourth-order valence-electron chi connectivity index (χ4n) is 1.68. The summed E-state index contributed by atoms with van der Waals surface area (Å²) in [7, 11) is 3.78. The van der Waals surface area contributed by atoms with Gasteiger partial charge in [0.15, 0.2) is 0 Å². The normalized spacial score (nSPS) is 10.3. The second-order valence-electron chi connectivity index (χ2n) is 4.42. The molecule has 0 aliphatic rings. The number of nitrogens with zero attached hydrogens (tertiary/aromatic N) is 2. The molecule has 0 bridgehead atoms. The first-order chi connectivity index (χ1) is 8.97. The van der Waals surface area contributed by atoms with Crippen molar-refractivity contribution in [2.45, 2.75) is 6.92 Å². The van der Waals surface area contributed by atoms with Crippen LogP contribution in [0.4, 0.5) is 17.4 Å². The Morgan fingerprint density at radius 2 is 2.16 bits per heavy atom. The third-order valence-electron chi connectivity index (χ3n) is 2.61. The largest absolute Gasteiger partial charge is 0.432 e. The summed E-state index contributed by atoms with van der Waals surface area (Å²) >= 11 is 0. The zero-order chi connectivity index (χ0) is 14.0. The number of carbonyl (C=O) groups excluding carboxylic acids is 1. The molecule has 100 valence electrons. The smallest absolute Gasteiger partial charge is 0.301 e. The quantitative estimate of drug-likeness (QED) is 0.823. The van der Waals surface area contributed by atoms with Gasteiger partial charge in [-0.2, -0.15) is 4.98 Å². The number of oxazole rings is 1. The number of nitrogens with one attached hydrogen (secondary N) is 1. The van der Waals surface area contributed by atoms with Gasteiger partial charge in [0, 0.05) is 19.7 Å². The zero-order valence-electron chi connectivity index (χ0n) is 11.1. The van der Waals surface area contributed by atoms with Gasteiger partial charge in [0.25, 0.3) is 5.91 Å². The van der Waals surface area contributed by atoms with Crippen LogP contribution in [0.25, 0.3) is 0 Å². The number of nitrogen functional groups attached to an aromatic ring is 1. The molecule has 0 spiro atoms. The number of aromatic nitrogens is 1. The predicted octanol–water partition coefficient (Wildman–Crippen LogP) is 1.88. The van der Waals surface area contributed by atoms with Crippen LogP contribution < -0.4 is 16.0 Å². The molecular weight excluding hydrogens is 244 g/mol. The highest BCUT2D eigenvalue weighted by atomic mass is 16.4. The first kappa shape index (κ1) is 12.9. The molecule has 1 heterocycles. The van der Waals surface area contributed by atoms with Crippen molar-refractivity contribution in [2.75, 3.05) is 30.0 Å². The highest BCUT2D eigenvalue weighted by Crippen LogP contribution is 2.22. The van der Waals surface area contributed by atoms with E-state index in [9.17, 15) is 4.79 Å². The van der Waals surface area contributed by atoms with E-state index in [1.54, 1.807) is 25.1 Å².